The quantitative estimate of drug-likeness (QED) is 0.677. The Morgan fingerprint density at radius 3 is 2.91 bits per heavy atom. The number of allylic oxidation sites excluding steroid dienone is 5. The molecule has 0 amide bonds. The molecule has 5 atom stereocenters. The Morgan fingerprint density at radius 2 is 2.14 bits per heavy atom. The molecule has 4 aliphatic carbocycles. The Morgan fingerprint density at radius 1 is 1.32 bits per heavy atom. The molecule has 2 heteroatoms. The maximum Gasteiger partial charge on any atom is 0.178 e. The molecule has 0 saturated heterocycles. The third-order valence-corrected chi connectivity index (χ3v) is 6.84. The summed E-state index contributed by atoms with van der Waals surface area (Å²) in [4.78, 5) is 24.4. The second-order valence-corrected chi connectivity index (χ2v) is 7.77. The van der Waals surface area contributed by atoms with Crippen LogP contribution in [0.2, 0.25) is 0 Å². The van der Waals surface area contributed by atoms with Gasteiger partial charge in [-0.3, -0.25) is 9.59 Å². The Labute approximate surface area is 136 Å². The van der Waals surface area contributed by atoms with E-state index in [0.717, 1.165) is 18.4 Å². The molecule has 4 rings (SSSR count). The van der Waals surface area contributed by atoms with Crippen molar-refractivity contribution in [2.24, 2.45) is 28.6 Å². The van der Waals surface area contributed by atoms with Crippen molar-refractivity contribution in [3.63, 3.8) is 0 Å². The van der Waals surface area contributed by atoms with Crippen LogP contribution in [0.25, 0.3) is 0 Å². The smallest absolute Gasteiger partial charge is 0.178 e. The van der Waals surface area contributed by atoms with Gasteiger partial charge in [0.05, 0.1) is 0 Å². The van der Waals surface area contributed by atoms with Crippen LogP contribution in [0.15, 0.2) is 36.0 Å². The first kappa shape index (κ1) is 11.2. The predicted octanol–water partition coefficient (Wildman–Crippen LogP) is 4.03. The van der Waals surface area contributed by atoms with Crippen molar-refractivity contribution in [1.82, 2.24) is 0 Å². The van der Waals surface area contributed by atoms with Gasteiger partial charge in [0.15, 0.2) is 5.78 Å². The van der Waals surface area contributed by atoms with Crippen molar-refractivity contribution < 1.29 is 13.7 Å². The molecule has 2 nitrogen and oxygen atoms in total. The molecule has 0 N–H and O–H groups in total. The third-order valence-electron chi connectivity index (χ3n) is 6.84. The normalized spacial score (nSPS) is 49.5. The minimum atomic E-state index is -2.24. The minimum absolute atomic E-state index is 0.0647. The number of hydrogen-bond acceptors (Lipinski definition) is 2. The van der Waals surface area contributed by atoms with E-state index < -0.39 is 12.3 Å². The molecule has 0 bridgehead atoms. The van der Waals surface area contributed by atoms with Gasteiger partial charge in [0, 0.05) is 21.4 Å². The molecule has 3 saturated carbocycles. The van der Waals surface area contributed by atoms with E-state index >= 15 is 0 Å². The number of fused-ring (bicyclic) bond motifs is 5. The first-order chi connectivity index (χ1) is 11.6. The number of hydrogen-bond donors (Lipinski definition) is 0. The highest BCUT2D eigenvalue weighted by atomic mass is 16.1. The summed E-state index contributed by atoms with van der Waals surface area (Å²) < 4.78 is 25.0. The summed E-state index contributed by atoms with van der Waals surface area (Å²) in [6, 6.07) is 0. The first-order valence-electron chi connectivity index (χ1n) is 9.78. The molecule has 0 spiro atoms. The van der Waals surface area contributed by atoms with Gasteiger partial charge in [-0.15, -0.1) is 0 Å². The number of Topliss-reactive ketones (excluding diaryl/α,β-unsaturated/α-hetero) is 1. The maximum atomic E-state index is 12.5. The third kappa shape index (κ3) is 1.61. The predicted molar refractivity (Wildman–Crippen MR) is 86.1 cm³/mol. The van der Waals surface area contributed by atoms with Crippen LogP contribution in [0, 0.1) is 28.6 Å². The Hall–Kier alpha value is -1.44. The van der Waals surface area contributed by atoms with Gasteiger partial charge in [-0.05, 0) is 61.2 Å². The van der Waals surface area contributed by atoms with Crippen LogP contribution >= 0.6 is 0 Å². The Kier molecular flexibility index (Phi) is 2.18. The summed E-state index contributed by atoms with van der Waals surface area (Å²) in [5.41, 5.74) is -0.0754. The molecule has 3 fully saturated rings. The fourth-order valence-corrected chi connectivity index (χ4v) is 5.63. The molecule has 0 aromatic heterocycles. The van der Waals surface area contributed by atoms with Gasteiger partial charge in [0.1, 0.15) is 5.78 Å². The zero-order valence-electron chi connectivity index (χ0n) is 16.0. The summed E-state index contributed by atoms with van der Waals surface area (Å²) in [7, 11) is 0. The van der Waals surface area contributed by atoms with E-state index in [1.165, 1.54) is 12.2 Å². The van der Waals surface area contributed by atoms with Crippen LogP contribution in [0.1, 0.15) is 50.0 Å². The van der Waals surface area contributed by atoms with Crippen molar-refractivity contribution in [2.75, 3.05) is 0 Å². The van der Waals surface area contributed by atoms with Gasteiger partial charge < -0.3 is 0 Å². The summed E-state index contributed by atoms with van der Waals surface area (Å²) >= 11 is 0. The molecular formula is C20H24O2. The monoisotopic (exact) mass is 299 g/mol. The van der Waals surface area contributed by atoms with E-state index in [0.29, 0.717) is 30.6 Å². The van der Waals surface area contributed by atoms with Crippen molar-refractivity contribution in [2.45, 2.75) is 45.9 Å². The number of ketones is 2. The van der Waals surface area contributed by atoms with Crippen LogP contribution in [0.3, 0.4) is 0 Å². The van der Waals surface area contributed by atoms with Crippen LogP contribution in [0.5, 0.6) is 0 Å². The summed E-state index contributed by atoms with van der Waals surface area (Å²) in [5.74, 6) is 0.479. The highest BCUT2D eigenvalue weighted by Crippen LogP contribution is 2.64. The van der Waals surface area contributed by atoms with E-state index in [1.54, 1.807) is 6.08 Å². The van der Waals surface area contributed by atoms with Crippen LogP contribution in [-0.2, 0) is 9.59 Å². The molecule has 0 aromatic carbocycles. The zero-order chi connectivity index (χ0) is 18.2. The molecule has 0 radical (unpaired) electrons. The first-order valence-corrected chi connectivity index (χ1v) is 8.28. The lowest BCUT2D eigenvalue weighted by Crippen LogP contribution is -2.50. The lowest BCUT2D eigenvalue weighted by molar-refractivity contribution is -0.131. The largest absolute Gasteiger partial charge is 0.299 e. The highest BCUT2D eigenvalue weighted by Gasteiger charge is 2.59. The second kappa shape index (κ2) is 4.31. The number of rotatable bonds is 0. The van der Waals surface area contributed by atoms with Crippen LogP contribution in [0.4, 0.5) is 0 Å². The van der Waals surface area contributed by atoms with E-state index in [2.05, 4.69) is 13.5 Å². The maximum absolute atomic E-state index is 12.5. The van der Waals surface area contributed by atoms with Crippen molar-refractivity contribution >= 4 is 11.6 Å². The zero-order valence-corrected chi connectivity index (χ0v) is 13.0. The van der Waals surface area contributed by atoms with E-state index in [4.69, 9.17) is 4.11 Å². The summed E-state index contributed by atoms with van der Waals surface area (Å²) in [6.07, 6.45) is 8.15. The van der Waals surface area contributed by atoms with Gasteiger partial charge >= 0.3 is 0 Å². The van der Waals surface area contributed by atoms with E-state index in [-0.39, 0.29) is 29.0 Å². The molecular weight excluding hydrogens is 272 g/mol. The van der Waals surface area contributed by atoms with Crippen molar-refractivity contribution in [1.29, 1.82) is 0 Å². The van der Waals surface area contributed by atoms with Gasteiger partial charge in [-0.2, -0.15) is 0 Å². The van der Waals surface area contributed by atoms with Crippen molar-refractivity contribution in [3.8, 4) is 0 Å². The number of carbonyl (C=O) groups excluding carboxylic acids is 2. The van der Waals surface area contributed by atoms with E-state index in [1.807, 2.05) is 0 Å². The SMILES string of the molecule is [2H]C([2H])([2H])[C@]12C=CC(=O)C=C1C(=C)C[C@H]1C3CCC(=O)[C@@]3(C)CCC12. The topological polar surface area (TPSA) is 34.1 Å². The average Bonchev–Trinajstić information content (AvgIpc) is 2.82. The molecule has 0 aromatic rings. The molecule has 4 aliphatic rings. The average molecular weight is 299 g/mol. The fourth-order valence-electron chi connectivity index (χ4n) is 5.63. The van der Waals surface area contributed by atoms with Crippen molar-refractivity contribution in [3.05, 3.63) is 36.0 Å². The fraction of sp³-hybridized carbons (Fsp3) is 0.600. The summed E-state index contributed by atoms with van der Waals surface area (Å²) in [5, 5.41) is 0. The Bertz CT molecular complexity index is 745. The molecule has 0 heterocycles. The van der Waals surface area contributed by atoms with Gasteiger partial charge in [0.25, 0.3) is 0 Å². The summed E-state index contributed by atoms with van der Waals surface area (Å²) in [6.45, 7) is 3.98. The lowest BCUT2D eigenvalue weighted by Gasteiger charge is -2.56. The van der Waals surface area contributed by atoms with Gasteiger partial charge in [0.2, 0.25) is 0 Å². The minimum Gasteiger partial charge on any atom is -0.299 e. The second-order valence-electron chi connectivity index (χ2n) is 7.77. The lowest BCUT2D eigenvalue weighted by atomic mass is 9.48. The Balaban J connectivity index is 1.87. The van der Waals surface area contributed by atoms with Crippen LogP contribution < -0.4 is 0 Å². The molecule has 2 unspecified atom stereocenters. The highest BCUT2D eigenvalue weighted by molar-refractivity contribution is 6.02. The standard InChI is InChI=1S/C20H24O2/c1-12-10-14-15-4-5-18(22)20(15,3)9-7-16(14)19(2)8-6-13(21)11-17(12)19/h6,8,11,14-16H,1,4-5,7,9-10H2,2-3H3/t14-,15?,16?,19+,20-/m0/s1/i2D3. The van der Waals surface area contributed by atoms with Crippen LogP contribution in [-0.4, -0.2) is 11.6 Å². The van der Waals surface area contributed by atoms with Gasteiger partial charge in [-0.1, -0.05) is 32.0 Å². The molecule has 0 aliphatic heterocycles. The number of carbonyl (C=O) groups is 2. The van der Waals surface area contributed by atoms with Gasteiger partial charge in [-0.25, -0.2) is 0 Å². The van der Waals surface area contributed by atoms with E-state index in [9.17, 15) is 9.59 Å². The molecule has 116 valence electrons. The molecule has 22 heavy (non-hydrogen) atoms.